The number of hydrogen-bond donors (Lipinski definition) is 5. The van der Waals surface area contributed by atoms with Crippen molar-refractivity contribution < 1.29 is 34.3 Å². The molecule has 2 fully saturated rings. The van der Waals surface area contributed by atoms with Crippen molar-refractivity contribution in [1.29, 1.82) is 0 Å². The zero-order chi connectivity index (χ0) is 21.1. The van der Waals surface area contributed by atoms with Crippen LogP contribution in [0.2, 0.25) is 0 Å². The molecule has 0 bridgehead atoms. The lowest BCUT2D eigenvalue weighted by Crippen LogP contribution is -2.67. The number of ether oxygens (including phenoxy) is 3. The number of nitrogens with one attached hydrogen (secondary N) is 1. The molecule has 9 heteroatoms. The molecular weight excluding hydrogens is 380 g/mol. The van der Waals surface area contributed by atoms with Gasteiger partial charge in [-0.05, 0) is 30.7 Å². The average Bonchev–Trinajstić information content (AvgIpc) is 3.19. The maximum absolute atomic E-state index is 12.6. The van der Waals surface area contributed by atoms with E-state index in [0.717, 1.165) is 0 Å². The molecule has 1 aromatic carbocycles. The second kappa shape index (κ2) is 8.93. The molecule has 158 valence electrons. The highest BCUT2D eigenvalue weighted by Crippen LogP contribution is 2.30. The lowest BCUT2D eigenvalue weighted by molar-refractivity contribution is -0.155. The lowest BCUT2D eigenvalue weighted by atomic mass is 9.83. The summed E-state index contributed by atoms with van der Waals surface area (Å²) in [7, 11) is 0. The fraction of sp³-hybridized carbons (Fsp3) is 0.450. The Morgan fingerprint density at radius 2 is 1.97 bits per heavy atom. The van der Waals surface area contributed by atoms with Crippen molar-refractivity contribution in [3.8, 4) is 5.75 Å². The number of hydrogen-bond acceptors (Lipinski definition) is 8. The Kier molecular flexibility index (Phi) is 6.56. The molecule has 3 rings (SSSR count). The Bertz CT molecular complexity index is 797. The first-order chi connectivity index (χ1) is 13.8. The van der Waals surface area contributed by atoms with Crippen LogP contribution in [-0.4, -0.2) is 71.2 Å². The molecule has 1 aliphatic heterocycles. The Morgan fingerprint density at radius 3 is 2.62 bits per heavy atom. The number of nitrogens with two attached hydrogens (primary N) is 1. The maximum atomic E-state index is 12.6. The number of nitrogen functional groups attached to an aromatic ring is 1. The molecule has 0 radical (unpaired) electrons. The summed E-state index contributed by atoms with van der Waals surface area (Å²) in [5, 5.41) is 33.5. The van der Waals surface area contributed by atoms with E-state index in [0.29, 0.717) is 29.2 Å². The van der Waals surface area contributed by atoms with E-state index >= 15 is 0 Å². The average molecular weight is 406 g/mol. The minimum absolute atomic E-state index is 0.0936. The van der Waals surface area contributed by atoms with Gasteiger partial charge in [0.1, 0.15) is 49.7 Å². The summed E-state index contributed by atoms with van der Waals surface area (Å²) >= 11 is 0. The molecule has 29 heavy (non-hydrogen) atoms. The molecule has 9 nitrogen and oxygen atoms in total. The van der Waals surface area contributed by atoms with Crippen LogP contribution >= 0.6 is 0 Å². The predicted octanol–water partition coefficient (Wildman–Crippen LogP) is -0.440. The third kappa shape index (κ3) is 4.44. The Balaban J connectivity index is 1.69. The summed E-state index contributed by atoms with van der Waals surface area (Å²) in [4.78, 5) is 12.6. The van der Waals surface area contributed by atoms with Gasteiger partial charge < -0.3 is 40.6 Å². The molecule has 1 aliphatic carbocycles. The largest absolute Gasteiger partial charge is 0.487 e. The fourth-order valence-electron chi connectivity index (χ4n) is 3.47. The number of fused-ring (bicyclic) bond motifs is 1. The maximum Gasteiger partial charge on any atom is 0.247 e. The summed E-state index contributed by atoms with van der Waals surface area (Å²) in [6, 6.07) is 3.99. The molecule has 1 aromatic rings. The summed E-state index contributed by atoms with van der Waals surface area (Å²) in [5.74, 6) is 0.00292. The van der Waals surface area contributed by atoms with E-state index in [-0.39, 0.29) is 6.79 Å². The van der Waals surface area contributed by atoms with Gasteiger partial charge in [-0.3, -0.25) is 4.79 Å². The fourth-order valence-corrected chi connectivity index (χ4v) is 3.47. The Hall–Kier alpha value is -2.43. The van der Waals surface area contributed by atoms with Gasteiger partial charge in [0.15, 0.2) is 0 Å². The molecule has 0 aromatic heterocycles. The van der Waals surface area contributed by atoms with Crippen molar-refractivity contribution in [1.82, 2.24) is 5.32 Å². The van der Waals surface area contributed by atoms with Gasteiger partial charge in [0.05, 0.1) is 11.7 Å². The van der Waals surface area contributed by atoms with Crippen LogP contribution in [0, 0.1) is 0 Å². The van der Waals surface area contributed by atoms with E-state index in [1.54, 1.807) is 37.3 Å². The van der Waals surface area contributed by atoms with Gasteiger partial charge in [0.2, 0.25) is 5.91 Å². The van der Waals surface area contributed by atoms with E-state index < -0.39 is 42.5 Å². The van der Waals surface area contributed by atoms with Gasteiger partial charge >= 0.3 is 0 Å². The number of benzene rings is 1. The molecule has 1 saturated heterocycles. The van der Waals surface area contributed by atoms with Crippen molar-refractivity contribution in [3.63, 3.8) is 0 Å². The predicted molar refractivity (Wildman–Crippen MR) is 105 cm³/mol. The molecule has 1 heterocycles. The molecular formula is C20H26N2O7. The van der Waals surface area contributed by atoms with Crippen LogP contribution in [0.3, 0.4) is 0 Å². The third-order valence-electron chi connectivity index (χ3n) is 5.03. The van der Waals surface area contributed by atoms with Gasteiger partial charge in [-0.1, -0.05) is 18.7 Å². The second-order valence-corrected chi connectivity index (χ2v) is 7.08. The highest BCUT2D eigenvalue weighted by atomic mass is 16.7. The van der Waals surface area contributed by atoms with Crippen LogP contribution in [0.4, 0.5) is 5.69 Å². The molecule has 0 unspecified atom stereocenters. The molecule has 6 N–H and O–H groups in total. The van der Waals surface area contributed by atoms with Crippen molar-refractivity contribution in [2.75, 3.05) is 19.1 Å². The van der Waals surface area contributed by atoms with Crippen LogP contribution in [0.5, 0.6) is 5.75 Å². The quantitative estimate of drug-likeness (QED) is 0.243. The zero-order valence-electron chi connectivity index (χ0n) is 16.0. The molecule has 6 atom stereocenters. The van der Waals surface area contributed by atoms with Crippen molar-refractivity contribution >= 4 is 17.7 Å². The monoisotopic (exact) mass is 406 g/mol. The number of aliphatic hydroxyl groups excluding tert-OH is 3. The number of aliphatic hydroxyl groups is 3. The first kappa shape index (κ1) is 21.3. The van der Waals surface area contributed by atoms with Crippen molar-refractivity contribution in [2.45, 2.75) is 43.5 Å². The summed E-state index contributed by atoms with van der Waals surface area (Å²) in [5.41, 5.74) is 7.37. The van der Waals surface area contributed by atoms with Crippen LogP contribution < -0.4 is 15.8 Å². The third-order valence-corrected chi connectivity index (χ3v) is 5.03. The first-order valence-electron chi connectivity index (χ1n) is 9.23. The minimum atomic E-state index is -1.40. The van der Waals surface area contributed by atoms with Crippen LogP contribution in [0.15, 0.2) is 36.4 Å². The number of rotatable bonds is 6. The number of carbonyl (C=O) groups is 1. The first-order valence-corrected chi connectivity index (χ1v) is 9.23. The van der Waals surface area contributed by atoms with Crippen LogP contribution in [-0.2, 0) is 14.3 Å². The zero-order valence-corrected chi connectivity index (χ0v) is 16.0. The normalized spacial score (nSPS) is 31.8. The summed E-state index contributed by atoms with van der Waals surface area (Å²) in [6.07, 6.45) is -2.36. The topological polar surface area (TPSA) is 144 Å². The van der Waals surface area contributed by atoms with E-state index in [1.807, 2.05) is 0 Å². The van der Waals surface area contributed by atoms with E-state index in [4.69, 9.17) is 19.9 Å². The Morgan fingerprint density at radius 1 is 1.28 bits per heavy atom. The van der Waals surface area contributed by atoms with Gasteiger partial charge in [0, 0.05) is 5.57 Å². The standard InChI is InChI=1S/C20H26N2O7/c1-3-6-27-13-5-4-11(8-12(13)21)7-10(2)20(26)22-14-15(23)17(25)19-18(16(14)24)28-9-29-19/h3-5,7-8,14-19,23-25H,1,6,9,21H2,2H3,(H,22,26)/b10-7+/t14-,15+,16-,17-,18+,19-/m1/s1. The number of amides is 1. The van der Waals surface area contributed by atoms with Crippen LogP contribution in [0.1, 0.15) is 12.5 Å². The number of anilines is 1. The van der Waals surface area contributed by atoms with Gasteiger partial charge in [0.25, 0.3) is 0 Å². The molecule has 2 aliphatic rings. The SMILES string of the molecule is C=CCOc1ccc(/C=C(\C)C(=O)N[C@@H]2[C@H](O)[C@@H](O)[C@H]3OCO[C@H]3[C@@H]2O)cc1N. The van der Waals surface area contributed by atoms with E-state index in [2.05, 4.69) is 11.9 Å². The highest BCUT2D eigenvalue weighted by Gasteiger charge is 2.53. The Labute approximate surface area is 168 Å². The van der Waals surface area contributed by atoms with Crippen molar-refractivity contribution in [2.24, 2.45) is 0 Å². The minimum Gasteiger partial charge on any atom is -0.487 e. The van der Waals surface area contributed by atoms with E-state index in [1.165, 1.54) is 0 Å². The molecule has 1 saturated carbocycles. The highest BCUT2D eigenvalue weighted by molar-refractivity contribution is 5.97. The summed E-state index contributed by atoms with van der Waals surface area (Å²) < 4.78 is 15.9. The second-order valence-electron chi connectivity index (χ2n) is 7.08. The molecule has 0 spiro atoms. The van der Waals surface area contributed by atoms with Gasteiger partial charge in [-0.25, -0.2) is 0 Å². The summed E-state index contributed by atoms with van der Waals surface area (Å²) in [6.45, 7) is 5.40. The molecule has 1 amide bonds. The van der Waals surface area contributed by atoms with Gasteiger partial charge in [-0.2, -0.15) is 0 Å². The van der Waals surface area contributed by atoms with Gasteiger partial charge in [-0.15, -0.1) is 0 Å². The smallest absolute Gasteiger partial charge is 0.247 e. The van der Waals surface area contributed by atoms with E-state index in [9.17, 15) is 20.1 Å². The lowest BCUT2D eigenvalue weighted by Gasteiger charge is -2.41. The van der Waals surface area contributed by atoms with Crippen molar-refractivity contribution in [3.05, 3.63) is 42.0 Å². The number of carbonyl (C=O) groups excluding carboxylic acids is 1. The van der Waals surface area contributed by atoms with Crippen LogP contribution in [0.25, 0.3) is 6.08 Å².